The molecule has 0 aliphatic heterocycles. The van der Waals surface area contributed by atoms with Gasteiger partial charge in [-0.2, -0.15) is 0 Å². The van der Waals surface area contributed by atoms with Crippen molar-refractivity contribution in [3.8, 4) is 0 Å². The Bertz CT molecular complexity index is 484. The van der Waals surface area contributed by atoms with Gasteiger partial charge in [0.1, 0.15) is 11.8 Å². The minimum atomic E-state index is -4.47. The Morgan fingerprint density at radius 2 is 1.95 bits per heavy atom. The molecule has 0 aliphatic carbocycles. The Kier molecular flexibility index (Phi) is 5.44. The minimum Gasteiger partial charge on any atom is -0.480 e. The summed E-state index contributed by atoms with van der Waals surface area (Å²) < 4.78 is 11.1. The molecule has 0 fully saturated rings. The van der Waals surface area contributed by atoms with Gasteiger partial charge in [0.25, 0.3) is 0 Å². The maximum absolute atomic E-state index is 11.1. The smallest absolute Gasteiger partial charge is 0.346 e. The van der Waals surface area contributed by atoms with E-state index in [0.29, 0.717) is 0 Å². The quantitative estimate of drug-likeness (QED) is 0.439. The van der Waals surface area contributed by atoms with Crippen molar-refractivity contribution in [1.82, 2.24) is 5.32 Å². The van der Waals surface area contributed by atoms with Crippen molar-refractivity contribution in [2.45, 2.75) is 18.2 Å². The fourth-order valence-electron chi connectivity index (χ4n) is 1.58. The molecule has 19 heavy (non-hydrogen) atoms. The SMILES string of the molecule is C=CC(NC(Cc1ccccc1)C(=O)O)P(=O)(O)O. The number of carboxylic acid groups (broad SMARTS) is 1. The predicted molar refractivity (Wildman–Crippen MR) is 70.7 cm³/mol. The van der Waals surface area contributed by atoms with Crippen LogP contribution in [-0.2, 0) is 15.8 Å². The molecule has 1 rings (SSSR count). The molecule has 0 aromatic heterocycles. The Morgan fingerprint density at radius 3 is 2.37 bits per heavy atom. The first-order chi connectivity index (χ1) is 8.84. The fraction of sp³-hybridized carbons (Fsp3) is 0.250. The molecular formula is C12H16NO5P. The summed E-state index contributed by atoms with van der Waals surface area (Å²) >= 11 is 0. The van der Waals surface area contributed by atoms with Gasteiger partial charge in [0.2, 0.25) is 0 Å². The van der Waals surface area contributed by atoms with E-state index in [9.17, 15) is 9.36 Å². The summed E-state index contributed by atoms with van der Waals surface area (Å²) in [4.78, 5) is 29.2. The predicted octanol–water partition coefficient (Wildman–Crippen LogP) is 0.962. The van der Waals surface area contributed by atoms with Crippen LogP contribution in [0.1, 0.15) is 5.56 Å². The fourth-order valence-corrected chi connectivity index (χ4v) is 2.22. The molecule has 2 unspecified atom stereocenters. The van der Waals surface area contributed by atoms with Crippen LogP contribution < -0.4 is 5.32 Å². The van der Waals surface area contributed by atoms with Crippen molar-refractivity contribution in [2.75, 3.05) is 0 Å². The molecule has 0 saturated heterocycles. The first-order valence-corrected chi connectivity index (χ1v) is 7.23. The van der Waals surface area contributed by atoms with Crippen molar-refractivity contribution in [1.29, 1.82) is 0 Å². The van der Waals surface area contributed by atoms with Crippen LogP contribution in [0.5, 0.6) is 0 Å². The first-order valence-electron chi connectivity index (χ1n) is 5.55. The molecule has 0 spiro atoms. The Hall–Kier alpha value is -1.46. The average Bonchev–Trinajstić information content (AvgIpc) is 2.33. The molecule has 4 N–H and O–H groups in total. The molecule has 1 aromatic carbocycles. The summed E-state index contributed by atoms with van der Waals surface area (Å²) in [5.74, 6) is -2.55. The van der Waals surface area contributed by atoms with Crippen LogP contribution >= 0.6 is 7.60 Å². The van der Waals surface area contributed by atoms with Gasteiger partial charge in [-0.05, 0) is 12.0 Å². The van der Waals surface area contributed by atoms with Crippen LogP contribution in [0.25, 0.3) is 0 Å². The molecule has 0 saturated carbocycles. The lowest BCUT2D eigenvalue weighted by molar-refractivity contribution is -0.139. The normalized spacial score (nSPS) is 14.6. The molecule has 0 bridgehead atoms. The van der Waals surface area contributed by atoms with Gasteiger partial charge in [0.15, 0.2) is 0 Å². The van der Waals surface area contributed by atoms with E-state index in [1.807, 2.05) is 0 Å². The van der Waals surface area contributed by atoms with Crippen molar-refractivity contribution in [2.24, 2.45) is 0 Å². The van der Waals surface area contributed by atoms with E-state index in [1.165, 1.54) is 0 Å². The highest BCUT2D eigenvalue weighted by molar-refractivity contribution is 7.52. The van der Waals surface area contributed by atoms with E-state index in [2.05, 4.69) is 11.9 Å². The van der Waals surface area contributed by atoms with Crippen LogP contribution in [0.2, 0.25) is 0 Å². The van der Waals surface area contributed by atoms with Crippen molar-refractivity contribution < 1.29 is 24.3 Å². The van der Waals surface area contributed by atoms with E-state index < -0.39 is 25.4 Å². The van der Waals surface area contributed by atoms with Crippen LogP contribution in [0.15, 0.2) is 43.0 Å². The summed E-state index contributed by atoms with van der Waals surface area (Å²) in [5.41, 5.74) is 0.760. The highest BCUT2D eigenvalue weighted by Crippen LogP contribution is 2.40. The van der Waals surface area contributed by atoms with Crippen LogP contribution in [-0.4, -0.2) is 32.7 Å². The molecule has 0 aliphatic rings. The van der Waals surface area contributed by atoms with Gasteiger partial charge >= 0.3 is 13.6 Å². The molecule has 0 heterocycles. The molecule has 6 nitrogen and oxygen atoms in total. The van der Waals surface area contributed by atoms with Gasteiger partial charge in [0.05, 0.1) is 0 Å². The van der Waals surface area contributed by atoms with Crippen molar-refractivity contribution in [3.05, 3.63) is 48.6 Å². The standard InChI is InChI=1S/C12H16NO5P/c1-2-11(19(16,17)18)13-10(12(14)15)8-9-6-4-3-5-7-9/h2-7,10-11,13H,1,8H2,(H,14,15)(H2,16,17,18). The van der Waals surface area contributed by atoms with Crippen LogP contribution in [0.4, 0.5) is 0 Å². The van der Waals surface area contributed by atoms with Crippen LogP contribution in [0, 0.1) is 0 Å². The number of aliphatic carboxylic acids is 1. The number of hydrogen-bond acceptors (Lipinski definition) is 3. The summed E-state index contributed by atoms with van der Waals surface area (Å²) in [7, 11) is -4.47. The second kappa shape index (κ2) is 6.63. The highest BCUT2D eigenvalue weighted by Gasteiger charge is 2.30. The lowest BCUT2D eigenvalue weighted by atomic mass is 10.1. The number of benzene rings is 1. The zero-order valence-electron chi connectivity index (χ0n) is 10.1. The van der Waals surface area contributed by atoms with Crippen molar-refractivity contribution >= 4 is 13.6 Å². The Balaban J connectivity index is 2.82. The van der Waals surface area contributed by atoms with Crippen LogP contribution in [0.3, 0.4) is 0 Å². The summed E-state index contributed by atoms with van der Waals surface area (Å²) in [6.45, 7) is 3.30. The Labute approximate surface area is 110 Å². The van der Waals surface area contributed by atoms with Gasteiger partial charge in [-0.15, -0.1) is 6.58 Å². The van der Waals surface area contributed by atoms with Gasteiger partial charge < -0.3 is 14.9 Å². The number of carbonyl (C=O) groups is 1. The summed E-state index contributed by atoms with van der Waals surface area (Å²) in [6, 6.07) is 7.73. The van der Waals surface area contributed by atoms with Gasteiger partial charge in [-0.25, -0.2) is 0 Å². The van der Waals surface area contributed by atoms with Gasteiger partial charge in [0, 0.05) is 0 Å². The minimum absolute atomic E-state index is 0.126. The lowest BCUT2D eigenvalue weighted by Crippen LogP contribution is -2.43. The third kappa shape index (κ3) is 4.96. The van der Waals surface area contributed by atoms with E-state index in [0.717, 1.165) is 11.6 Å². The molecular weight excluding hydrogens is 269 g/mol. The second-order valence-electron chi connectivity index (χ2n) is 4.02. The summed E-state index contributed by atoms with van der Waals surface area (Å²) in [5, 5.41) is 11.5. The van der Waals surface area contributed by atoms with Gasteiger partial charge in [-0.1, -0.05) is 36.4 Å². The van der Waals surface area contributed by atoms with Crippen molar-refractivity contribution in [3.63, 3.8) is 0 Å². The summed E-state index contributed by atoms with van der Waals surface area (Å²) in [6.07, 6.45) is 1.14. The second-order valence-corrected chi connectivity index (χ2v) is 5.75. The number of carboxylic acids is 1. The highest BCUT2D eigenvalue weighted by atomic mass is 31.2. The maximum atomic E-state index is 11.1. The number of nitrogens with one attached hydrogen (secondary N) is 1. The molecule has 0 radical (unpaired) electrons. The number of hydrogen-bond donors (Lipinski definition) is 4. The van der Waals surface area contributed by atoms with E-state index in [4.69, 9.17) is 14.9 Å². The van der Waals surface area contributed by atoms with Gasteiger partial charge in [-0.3, -0.25) is 14.7 Å². The average molecular weight is 285 g/mol. The molecule has 0 amide bonds. The maximum Gasteiger partial charge on any atom is 0.346 e. The largest absolute Gasteiger partial charge is 0.480 e. The molecule has 2 atom stereocenters. The van der Waals surface area contributed by atoms with E-state index in [1.54, 1.807) is 30.3 Å². The van der Waals surface area contributed by atoms with E-state index in [-0.39, 0.29) is 6.42 Å². The molecule has 1 aromatic rings. The molecule has 104 valence electrons. The topological polar surface area (TPSA) is 107 Å². The third-order valence-electron chi connectivity index (χ3n) is 2.54. The first kappa shape index (κ1) is 15.6. The van der Waals surface area contributed by atoms with E-state index >= 15 is 0 Å². The zero-order valence-corrected chi connectivity index (χ0v) is 11.0. The zero-order chi connectivity index (χ0) is 14.5. The number of rotatable bonds is 7. The third-order valence-corrected chi connectivity index (χ3v) is 3.62. The monoisotopic (exact) mass is 285 g/mol. The Morgan fingerprint density at radius 1 is 1.37 bits per heavy atom. The molecule has 7 heteroatoms. The lowest BCUT2D eigenvalue weighted by Gasteiger charge is -2.21.